The van der Waals surface area contributed by atoms with Crippen LogP contribution < -0.4 is 0 Å². The zero-order chi connectivity index (χ0) is 19.9. The summed E-state index contributed by atoms with van der Waals surface area (Å²) in [6.07, 6.45) is 14.5. The van der Waals surface area contributed by atoms with Gasteiger partial charge in [0, 0.05) is 15.8 Å². The van der Waals surface area contributed by atoms with Crippen molar-refractivity contribution >= 4 is 15.9 Å². The van der Waals surface area contributed by atoms with E-state index in [-0.39, 0.29) is 16.2 Å². The molecule has 0 aliphatic heterocycles. The molecule has 27 heavy (non-hydrogen) atoms. The van der Waals surface area contributed by atoms with Gasteiger partial charge in [-0.25, -0.2) is 0 Å². The molecule has 0 aromatic carbocycles. The summed E-state index contributed by atoms with van der Waals surface area (Å²) in [5.74, 6) is 0.410. The maximum atomic E-state index is 3.95. The van der Waals surface area contributed by atoms with Gasteiger partial charge >= 0.3 is 0 Å². The van der Waals surface area contributed by atoms with Crippen molar-refractivity contribution in [2.24, 2.45) is 22.2 Å². The lowest BCUT2D eigenvalue weighted by Gasteiger charge is -2.52. The van der Waals surface area contributed by atoms with E-state index in [1.54, 1.807) is 0 Å². The molecule has 0 N–H and O–H groups in total. The largest absolute Gasteiger partial charge is 0.0580 e. The third kappa shape index (κ3) is 2.61. The molecule has 1 heteroatoms. The van der Waals surface area contributed by atoms with Crippen LogP contribution in [0.3, 0.4) is 0 Å². The second-order valence-electron chi connectivity index (χ2n) is 10.7. The van der Waals surface area contributed by atoms with Crippen molar-refractivity contribution in [2.75, 3.05) is 0 Å². The van der Waals surface area contributed by atoms with Crippen molar-refractivity contribution in [3.8, 4) is 0 Å². The van der Waals surface area contributed by atoms with Crippen LogP contribution in [0.15, 0.2) is 80.0 Å². The van der Waals surface area contributed by atoms with Gasteiger partial charge in [0.05, 0.1) is 0 Å². The van der Waals surface area contributed by atoms with Gasteiger partial charge in [-0.1, -0.05) is 94.8 Å². The molecular formula is C26H31Br. The highest BCUT2D eigenvalue weighted by atomic mass is 79.9. The van der Waals surface area contributed by atoms with Gasteiger partial charge in [0.25, 0.3) is 0 Å². The SMILES string of the molecule is CC1=C2C=CC3=CC(C(C)(C)C)=CC4=CC(Br)=C(C=C1C(C)(C)C)C2(C)C34. The Morgan fingerprint density at radius 3 is 2.07 bits per heavy atom. The summed E-state index contributed by atoms with van der Waals surface area (Å²) in [6, 6.07) is 0. The average Bonchev–Trinajstić information content (AvgIpc) is 2.51. The molecule has 0 bridgehead atoms. The second kappa shape index (κ2) is 5.60. The lowest BCUT2D eigenvalue weighted by atomic mass is 9.52. The van der Waals surface area contributed by atoms with Crippen molar-refractivity contribution in [1.29, 1.82) is 0 Å². The highest BCUT2D eigenvalue weighted by molar-refractivity contribution is 9.11. The van der Waals surface area contributed by atoms with E-state index in [0.29, 0.717) is 5.92 Å². The fourth-order valence-electron chi connectivity index (χ4n) is 5.32. The predicted molar refractivity (Wildman–Crippen MR) is 121 cm³/mol. The van der Waals surface area contributed by atoms with Crippen molar-refractivity contribution in [3.63, 3.8) is 0 Å². The highest BCUT2D eigenvalue weighted by Crippen LogP contribution is 2.62. The molecule has 0 heterocycles. The molecule has 0 amide bonds. The Morgan fingerprint density at radius 2 is 1.48 bits per heavy atom. The van der Waals surface area contributed by atoms with Gasteiger partial charge in [-0.2, -0.15) is 0 Å². The van der Waals surface area contributed by atoms with E-state index in [9.17, 15) is 0 Å². The average molecular weight is 423 g/mol. The summed E-state index contributed by atoms with van der Waals surface area (Å²) in [4.78, 5) is 0. The van der Waals surface area contributed by atoms with Crippen LogP contribution in [0.2, 0.25) is 0 Å². The molecule has 0 radical (unpaired) electrons. The third-order valence-corrected chi connectivity index (χ3v) is 7.43. The third-order valence-electron chi connectivity index (χ3n) is 6.77. The Balaban J connectivity index is 2.04. The molecule has 0 saturated heterocycles. The van der Waals surface area contributed by atoms with Gasteiger partial charge in [-0.05, 0) is 62.8 Å². The number of hydrogen-bond acceptors (Lipinski definition) is 0. The Morgan fingerprint density at radius 1 is 0.815 bits per heavy atom. The molecule has 0 fully saturated rings. The monoisotopic (exact) mass is 422 g/mol. The molecule has 2 unspecified atom stereocenters. The van der Waals surface area contributed by atoms with E-state index in [4.69, 9.17) is 0 Å². The Kier molecular flexibility index (Phi) is 3.94. The highest BCUT2D eigenvalue weighted by Gasteiger charge is 2.51. The molecule has 4 aliphatic carbocycles. The zero-order valence-electron chi connectivity index (χ0n) is 17.9. The van der Waals surface area contributed by atoms with E-state index in [0.717, 1.165) is 0 Å². The van der Waals surface area contributed by atoms with Gasteiger partial charge in [-0.3, -0.25) is 0 Å². The van der Waals surface area contributed by atoms with Crippen LogP contribution in [-0.2, 0) is 0 Å². The van der Waals surface area contributed by atoms with Gasteiger partial charge < -0.3 is 0 Å². The quantitative estimate of drug-likeness (QED) is 0.370. The van der Waals surface area contributed by atoms with Gasteiger partial charge in [0.2, 0.25) is 0 Å². The van der Waals surface area contributed by atoms with Crippen molar-refractivity contribution in [1.82, 2.24) is 0 Å². The number of rotatable bonds is 0. The summed E-state index contributed by atoms with van der Waals surface area (Å²) >= 11 is 3.95. The Labute approximate surface area is 173 Å². The summed E-state index contributed by atoms with van der Waals surface area (Å²) in [7, 11) is 0. The lowest BCUT2D eigenvalue weighted by molar-refractivity contribution is 0.367. The summed E-state index contributed by atoms with van der Waals surface area (Å²) in [6.45, 7) is 18.6. The smallest absolute Gasteiger partial charge is 0.0297 e. The fourth-order valence-corrected chi connectivity index (χ4v) is 6.11. The molecule has 142 valence electrons. The van der Waals surface area contributed by atoms with Gasteiger partial charge in [-0.15, -0.1) is 0 Å². The Hall–Kier alpha value is -1.34. The first-order valence-electron chi connectivity index (χ1n) is 10.0. The molecule has 0 saturated carbocycles. The van der Waals surface area contributed by atoms with Crippen molar-refractivity contribution in [2.45, 2.75) is 55.4 Å². The first-order chi connectivity index (χ1) is 12.3. The fraction of sp³-hybridized carbons (Fsp3) is 0.462. The van der Waals surface area contributed by atoms with Crippen LogP contribution in [0.5, 0.6) is 0 Å². The van der Waals surface area contributed by atoms with Crippen LogP contribution in [0.25, 0.3) is 0 Å². The van der Waals surface area contributed by atoms with E-state index in [1.807, 2.05) is 0 Å². The van der Waals surface area contributed by atoms with Gasteiger partial charge in [0.1, 0.15) is 0 Å². The van der Waals surface area contributed by atoms with Crippen molar-refractivity contribution in [3.05, 3.63) is 80.0 Å². The first-order valence-corrected chi connectivity index (χ1v) is 10.8. The topological polar surface area (TPSA) is 0 Å². The van der Waals surface area contributed by atoms with Crippen LogP contribution in [0, 0.1) is 22.2 Å². The summed E-state index contributed by atoms with van der Waals surface area (Å²) in [5, 5.41) is 0. The standard InChI is InChI=1S/C26H31Br/c1-15-19-10-9-16-11-18(24(2,3)4)12-17-13-22(27)21(26(19,8)23(16)17)14-20(15)25(5,6)7/h9-14,23H,1-8H3. The van der Waals surface area contributed by atoms with Crippen LogP contribution in [-0.4, -0.2) is 0 Å². The minimum absolute atomic E-state index is 0.00223. The maximum Gasteiger partial charge on any atom is 0.0297 e. The molecule has 0 spiro atoms. The summed E-state index contributed by atoms with van der Waals surface area (Å²) < 4.78 is 1.24. The van der Waals surface area contributed by atoms with Crippen LogP contribution in [0.4, 0.5) is 0 Å². The number of allylic oxidation sites excluding steroid dienone is 14. The molecule has 0 aromatic rings. The van der Waals surface area contributed by atoms with E-state index < -0.39 is 0 Å². The molecular weight excluding hydrogens is 392 g/mol. The van der Waals surface area contributed by atoms with E-state index >= 15 is 0 Å². The number of hydrogen-bond donors (Lipinski definition) is 0. The second-order valence-corrected chi connectivity index (χ2v) is 11.6. The molecule has 2 atom stereocenters. The molecule has 0 nitrogen and oxygen atoms in total. The molecule has 4 rings (SSSR count). The van der Waals surface area contributed by atoms with Crippen molar-refractivity contribution < 1.29 is 0 Å². The molecule has 0 aromatic heterocycles. The van der Waals surface area contributed by atoms with Crippen LogP contribution in [0.1, 0.15) is 55.4 Å². The molecule has 4 aliphatic rings. The van der Waals surface area contributed by atoms with Gasteiger partial charge in [0.15, 0.2) is 0 Å². The van der Waals surface area contributed by atoms with Crippen LogP contribution >= 0.6 is 15.9 Å². The lowest BCUT2D eigenvalue weighted by Crippen LogP contribution is -2.41. The number of halogens is 1. The normalized spacial score (nSPS) is 29.9. The maximum absolute atomic E-state index is 3.95. The summed E-state index contributed by atoms with van der Waals surface area (Å²) in [5.41, 5.74) is 10.4. The van der Waals surface area contributed by atoms with E-state index in [2.05, 4.69) is 108 Å². The minimum Gasteiger partial charge on any atom is -0.0580 e. The predicted octanol–water partition coefficient (Wildman–Crippen LogP) is 7.98. The van der Waals surface area contributed by atoms with E-state index in [1.165, 1.54) is 43.5 Å². The first kappa shape index (κ1) is 19.0. The zero-order valence-corrected chi connectivity index (χ0v) is 19.5. The minimum atomic E-state index is 0.00223. The Bertz CT molecular complexity index is 955.